The second-order valence-electron chi connectivity index (χ2n) is 3.49. The average molecular weight is 180 g/mol. The Morgan fingerprint density at radius 3 is 3.31 bits per heavy atom. The summed E-state index contributed by atoms with van der Waals surface area (Å²) in [6.45, 7) is 2.85. The SMILES string of the molecule is c1cc(CNCC2CCCO2)c[nH]1. The highest BCUT2D eigenvalue weighted by Gasteiger charge is 2.14. The molecule has 2 rings (SSSR count). The lowest BCUT2D eigenvalue weighted by Crippen LogP contribution is -2.25. The molecule has 1 saturated heterocycles. The van der Waals surface area contributed by atoms with Gasteiger partial charge in [-0.25, -0.2) is 0 Å². The van der Waals surface area contributed by atoms with Crippen LogP contribution >= 0.6 is 0 Å². The summed E-state index contributed by atoms with van der Waals surface area (Å²) in [7, 11) is 0. The van der Waals surface area contributed by atoms with E-state index in [2.05, 4.69) is 16.4 Å². The molecule has 1 fully saturated rings. The molecule has 3 heteroatoms. The van der Waals surface area contributed by atoms with Crippen molar-refractivity contribution in [3.05, 3.63) is 24.0 Å². The normalized spacial score (nSPS) is 22.3. The number of H-pyrrole nitrogens is 1. The first-order valence-corrected chi connectivity index (χ1v) is 4.89. The molecule has 0 radical (unpaired) electrons. The Balaban J connectivity index is 1.63. The van der Waals surface area contributed by atoms with Gasteiger partial charge in [-0.05, 0) is 24.5 Å². The number of hydrogen-bond donors (Lipinski definition) is 2. The predicted molar refractivity (Wildman–Crippen MR) is 51.5 cm³/mol. The van der Waals surface area contributed by atoms with Crippen LogP contribution in [0.25, 0.3) is 0 Å². The van der Waals surface area contributed by atoms with Crippen LogP contribution in [0.2, 0.25) is 0 Å². The van der Waals surface area contributed by atoms with Gasteiger partial charge in [0.1, 0.15) is 0 Å². The summed E-state index contributed by atoms with van der Waals surface area (Å²) in [5.74, 6) is 0. The molecule has 0 aromatic carbocycles. The van der Waals surface area contributed by atoms with E-state index < -0.39 is 0 Å². The molecule has 0 aliphatic carbocycles. The third-order valence-corrected chi connectivity index (χ3v) is 2.39. The summed E-state index contributed by atoms with van der Waals surface area (Å²) in [4.78, 5) is 3.04. The van der Waals surface area contributed by atoms with Gasteiger partial charge < -0.3 is 15.0 Å². The van der Waals surface area contributed by atoms with Gasteiger partial charge in [0, 0.05) is 32.1 Å². The molecule has 1 aromatic heterocycles. The van der Waals surface area contributed by atoms with E-state index in [1.165, 1.54) is 18.4 Å². The maximum atomic E-state index is 5.50. The molecule has 2 N–H and O–H groups in total. The van der Waals surface area contributed by atoms with Crippen LogP contribution in [0.5, 0.6) is 0 Å². The Labute approximate surface area is 78.5 Å². The maximum Gasteiger partial charge on any atom is 0.0700 e. The molecule has 2 heterocycles. The van der Waals surface area contributed by atoms with Crippen molar-refractivity contribution in [2.45, 2.75) is 25.5 Å². The summed E-state index contributed by atoms with van der Waals surface area (Å²) in [5, 5.41) is 3.38. The maximum absolute atomic E-state index is 5.50. The number of aromatic nitrogens is 1. The Kier molecular flexibility index (Phi) is 3.00. The standard InChI is InChI=1S/C10H16N2O/c1-2-10(13-5-1)8-12-7-9-3-4-11-6-9/h3-4,6,10-12H,1-2,5,7-8H2. The van der Waals surface area contributed by atoms with E-state index in [-0.39, 0.29) is 0 Å². The quantitative estimate of drug-likeness (QED) is 0.732. The third kappa shape index (κ3) is 2.57. The van der Waals surface area contributed by atoms with Crippen LogP contribution in [0.15, 0.2) is 18.5 Å². The minimum atomic E-state index is 0.443. The number of rotatable bonds is 4. The minimum Gasteiger partial charge on any atom is -0.377 e. The van der Waals surface area contributed by atoms with E-state index in [9.17, 15) is 0 Å². The van der Waals surface area contributed by atoms with Crippen molar-refractivity contribution in [1.82, 2.24) is 10.3 Å². The molecule has 3 nitrogen and oxygen atoms in total. The molecular weight excluding hydrogens is 164 g/mol. The summed E-state index contributed by atoms with van der Waals surface area (Å²) < 4.78 is 5.50. The van der Waals surface area contributed by atoms with Gasteiger partial charge in [-0.3, -0.25) is 0 Å². The summed E-state index contributed by atoms with van der Waals surface area (Å²) in [5.41, 5.74) is 1.30. The predicted octanol–water partition coefficient (Wildman–Crippen LogP) is 1.28. The number of aromatic amines is 1. The van der Waals surface area contributed by atoms with Crippen molar-refractivity contribution < 1.29 is 4.74 Å². The fraction of sp³-hybridized carbons (Fsp3) is 0.600. The molecule has 1 aliphatic heterocycles. The van der Waals surface area contributed by atoms with Gasteiger partial charge >= 0.3 is 0 Å². The van der Waals surface area contributed by atoms with Crippen molar-refractivity contribution in [2.75, 3.05) is 13.2 Å². The van der Waals surface area contributed by atoms with Crippen molar-refractivity contribution in [3.8, 4) is 0 Å². The number of nitrogens with one attached hydrogen (secondary N) is 2. The average Bonchev–Trinajstić information content (AvgIpc) is 2.75. The van der Waals surface area contributed by atoms with Crippen LogP contribution in [0.4, 0.5) is 0 Å². The lowest BCUT2D eigenvalue weighted by atomic mass is 10.2. The molecule has 0 bridgehead atoms. The van der Waals surface area contributed by atoms with Crippen LogP contribution in [0.1, 0.15) is 18.4 Å². The molecule has 0 spiro atoms. The Morgan fingerprint density at radius 2 is 2.62 bits per heavy atom. The number of hydrogen-bond acceptors (Lipinski definition) is 2. The topological polar surface area (TPSA) is 37.0 Å². The van der Waals surface area contributed by atoms with Crippen LogP contribution in [-0.4, -0.2) is 24.2 Å². The first kappa shape index (κ1) is 8.78. The van der Waals surface area contributed by atoms with E-state index in [0.29, 0.717) is 6.10 Å². The van der Waals surface area contributed by atoms with Crippen LogP contribution in [-0.2, 0) is 11.3 Å². The lowest BCUT2D eigenvalue weighted by Gasteiger charge is -2.09. The molecule has 1 atom stereocenters. The monoisotopic (exact) mass is 180 g/mol. The molecule has 1 aromatic rings. The Hall–Kier alpha value is -0.800. The highest BCUT2D eigenvalue weighted by atomic mass is 16.5. The van der Waals surface area contributed by atoms with Crippen molar-refractivity contribution in [2.24, 2.45) is 0 Å². The zero-order chi connectivity index (χ0) is 8.93. The van der Waals surface area contributed by atoms with E-state index in [1.54, 1.807) is 0 Å². The fourth-order valence-electron chi connectivity index (χ4n) is 1.65. The molecule has 13 heavy (non-hydrogen) atoms. The molecular formula is C10H16N2O. The Bertz CT molecular complexity index is 227. The first-order chi connectivity index (χ1) is 6.45. The fourth-order valence-corrected chi connectivity index (χ4v) is 1.65. The largest absolute Gasteiger partial charge is 0.377 e. The van der Waals surface area contributed by atoms with Gasteiger partial charge in [-0.1, -0.05) is 0 Å². The van der Waals surface area contributed by atoms with Crippen LogP contribution in [0.3, 0.4) is 0 Å². The summed E-state index contributed by atoms with van der Waals surface area (Å²) in [6, 6.07) is 2.09. The second kappa shape index (κ2) is 4.44. The second-order valence-corrected chi connectivity index (χ2v) is 3.49. The van der Waals surface area contributed by atoms with E-state index in [1.807, 2.05) is 12.4 Å². The minimum absolute atomic E-state index is 0.443. The van der Waals surface area contributed by atoms with Gasteiger partial charge in [0.2, 0.25) is 0 Å². The third-order valence-electron chi connectivity index (χ3n) is 2.39. The van der Waals surface area contributed by atoms with Crippen LogP contribution < -0.4 is 5.32 Å². The van der Waals surface area contributed by atoms with Gasteiger partial charge in [0.15, 0.2) is 0 Å². The van der Waals surface area contributed by atoms with Gasteiger partial charge in [0.05, 0.1) is 6.10 Å². The van der Waals surface area contributed by atoms with E-state index in [4.69, 9.17) is 4.74 Å². The molecule has 1 unspecified atom stereocenters. The number of ether oxygens (including phenoxy) is 1. The van der Waals surface area contributed by atoms with E-state index >= 15 is 0 Å². The van der Waals surface area contributed by atoms with Gasteiger partial charge in [-0.15, -0.1) is 0 Å². The lowest BCUT2D eigenvalue weighted by molar-refractivity contribution is 0.110. The molecule has 72 valence electrons. The van der Waals surface area contributed by atoms with Crippen molar-refractivity contribution in [3.63, 3.8) is 0 Å². The smallest absolute Gasteiger partial charge is 0.0700 e. The first-order valence-electron chi connectivity index (χ1n) is 4.89. The summed E-state index contributed by atoms with van der Waals surface area (Å²) >= 11 is 0. The van der Waals surface area contributed by atoms with Crippen molar-refractivity contribution >= 4 is 0 Å². The highest BCUT2D eigenvalue weighted by molar-refractivity contribution is 5.07. The zero-order valence-electron chi connectivity index (χ0n) is 7.75. The summed E-state index contributed by atoms with van der Waals surface area (Å²) in [6.07, 6.45) is 6.83. The van der Waals surface area contributed by atoms with Gasteiger partial charge in [-0.2, -0.15) is 0 Å². The highest BCUT2D eigenvalue weighted by Crippen LogP contribution is 2.10. The van der Waals surface area contributed by atoms with Gasteiger partial charge in [0.25, 0.3) is 0 Å². The molecule has 1 aliphatic rings. The van der Waals surface area contributed by atoms with E-state index in [0.717, 1.165) is 19.7 Å². The Morgan fingerprint density at radius 1 is 1.62 bits per heavy atom. The molecule has 0 amide bonds. The van der Waals surface area contributed by atoms with Crippen molar-refractivity contribution in [1.29, 1.82) is 0 Å². The zero-order valence-corrected chi connectivity index (χ0v) is 7.75. The van der Waals surface area contributed by atoms with Crippen LogP contribution in [0, 0.1) is 0 Å². The molecule has 0 saturated carbocycles.